The molecule has 2 nitrogen and oxygen atoms in total. The summed E-state index contributed by atoms with van der Waals surface area (Å²) in [6.45, 7) is 0.322. The van der Waals surface area contributed by atoms with E-state index in [1.807, 2.05) is 0 Å². The van der Waals surface area contributed by atoms with Gasteiger partial charge >= 0.3 is 0 Å². The van der Waals surface area contributed by atoms with Crippen LogP contribution in [-0.2, 0) is 0 Å². The minimum atomic E-state index is -0.492. The van der Waals surface area contributed by atoms with Crippen LogP contribution in [0.1, 0.15) is 43.6 Å². The molecule has 0 aromatic heterocycles. The number of halogens is 2. The molecule has 106 valence electrons. The number of hydrogen-bond acceptors (Lipinski definition) is 2. The first-order valence-corrected chi connectivity index (χ1v) is 7.34. The van der Waals surface area contributed by atoms with Crippen LogP contribution in [0.3, 0.4) is 0 Å². The number of hydrogen-bond donors (Lipinski definition) is 2. The summed E-state index contributed by atoms with van der Waals surface area (Å²) < 4.78 is 13.1. The van der Waals surface area contributed by atoms with Gasteiger partial charge in [0, 0.05) is 17.5 Å². The molecular formula is C15H21ClFNO. The van der Waals surface area contributed by atoms with Crippen LogP contribution in [0, 0.1) is 11.7 Å². The van der Waals surface area contributed by atoms with Crippen LogP contribution in [-0.4, -0.2) is 17.8 Å². The Bertz CT molecular complexity index is 421. The SMILES string of the molecule is NCC(c1ccc(F)cc1Cl)C(O)C1CCCCC1. The molecule has 3 N–H and O–H groups in total. The molecule has 0 saturated heterocycles. The van der Waals surface area contributed by atoms with E-state index in [2.05, 4.69) is 0 Å². The Labute approximate surface area is 118 Å². The second kappa shape index (κ2) is 6.69. The molecule has 19 heavy (non-hydrogen) atoms. The lowest BCUT2D eigenvalue weighted by molar-refractivity contribution is 0.0624. The quantitative estimate of drug-likeness (QED) is 0.890. The van der Waals surface area contributed by atoms with E-state index in [4.69, 9.17) is 17.3 Å². The molecule has 0 radical (unpaired) electrons. The van der Waals surface area contributed by atoms with Gasteiger partial charge in [-0.3, -0.25) is 0 Å². The van der Waals surface area contributed by atoms with Crippen LogP contribution in [0.4, 0.5) is 4.39 Å². The lowest BCUT2D eigenvalue weighted by Crippen LogP contribution is -2.33. The van der Waals surface area contributed by atoms with Crippen LogP contribution >= 0.6 is 11.6 Å². The van der Waals surface area contributed by atoms with Crippen molar-refractivity contribution in [2.75, 3.05) is 6.54 Å². The van der Waals surface area contributed by atoms with E-state index in [0.29, 0.717) is 11.6 Å². The molecule has 0 bridgehead atoms. The highest BCUT2D eigenvalue weighted by Gasteiger charge is 2.30. The first-order chi connectivity index (χ1) is 9.13. The Morgan fingerprint density at radius 1 is 1.32 bits per heavy atom. The summed E-state index contributed by atoms with van der Waals surface area (Å²) in [5.41, 5.74) is 6.56. The average Bonchev–Trinajstić information content (AvgIpc) is 2.42. The molecular weight excluding hydrogens is 265 g/mol. The number of rotatable bonds is 4. The lowest BCUT2D eigenvalue weighted by atomic mass is 9.78. The third kappa shape index (κ3) is 3.47. The zero-order chi connectivity index (χ0) is 13.8. The minimum Gasteiger partial charge on any atom is -0.392 e. The van der Waals surface area contributed by atoms with Gasteiger partial charge in [0.25, 0.3) is 0 Å². The molecule has 2 rings (SSSR count). The normalized spacial score (nSPS) is 20.2. The molecule has 4 heteroatoms. The van der Waals surface area contributed by atoms with E-state index in [0.717, 1.165) is 31.2 Å². The maximum Gasteiger partial charge on any atom is 0.124 e. The molecule has 1 aliphatic carbocycles. The third-order valence-electron chi connectivity index (χ3n) is 4.16. The van der Waals surface area contributed by atoms with Crippen molar-refractivity contribution in [1.82, 2.24) is 0 Å². The van der Waals surface area contributed by atoms with Crippen LogP contribution in [0.25, 0.3) is 0 Å². The number of benzene rings is 1. The van der Waals surface area contributed by atoms with Crippen molar-refractivity contribution in [1.29, 1.82) is 0 Å². The molecule has 1 aromatic rings. The standard InChI is InChI=1S/C15H21ClFNO/c16-14-8-11(17)6-7-12(14)13(9-18)15(19)10-4-2-1-3-5-10/h6-8,10,13,15,19H,1-5,9,18H2. The summed E-state index contributed by atoms with van der Waals surface area (Å²) in [5, 5.41) is 10.9. The largest absolute Gasteiger partial charge is 0.392 e. The number of aliphatic hydroxyl groups is 1. The van der Waals surface area contributed by atoms with Crippen molar-refractivity contribution in [3.8, 4) is 0 Å². The summed E-state index contributed by atoms with van der Waals surface area (Å²) >= 11 is 6.08. The van der Waals surface area contributed by atoms with Gasteiger partial charge in [0.15, 0.2) is 0 Å². The summed E-state index contributed by atoms with van der Waals surface area (Å²) in [6, 6.07) is 4.30. The fraction of sp³-hybridized carbons (Fsp3) is 0.600. The Balaban J connectivity index is 2.18. The van der Waals surface area contributed by atoms with E-state index in [-0.39, 0.29) is 17.7 Å². The van der Waals surface area contributed by atoms with Crippen LogP contribution in [0.2, 0.25) is 5.02 Å². The van der Waals surface area contributed by atoms with Gasteiger partial charge in [-0.05, 0) is 36.5 Å². The van der Waals surface area contributed by atoms with Gasteiger partial charge in [0.05, 0.1) is 6.10 Å². The van der Waals surface area contributed by atoms with Crippen LogP contribution < -0.4 is 5.73 Å². The summed E-state index contributed by atoms with van der Waals surface area (Å²) in [5.74, 6) is -0.295. The van der Waals surface area contributed by atoms with E-state index >= 15 is 0 Å². The first-order valence-electron chi connectivity index (χ1n) is 6.96. The highest BCUT2D eigenvalue weighted by atomic mass is 35.5. The van der Waals surface area contributed by atoms with E-state index in [1.54, 1.807) is 6.07 Å². The van der Waals surface area contributed by atoms with Crippen molar-refractivity contribution < 1.29 is 9.50 Å². The van der Waals surface area contributed by atoms with Gasteiger partial charge in [0.2, 0.25) is 0 Å². The molecule has 1 fully saturated rings. The van der Waals surface area contributed by atoms with Crippen molar-refractivity contribution in [2.24, 2.45) is 11.7 Å². The topological polar surface area (TPSA) is 46.2 Å². The van der Waals surface area contributed by atoms with Crippen molar-refractivity contribution in [3.63, 3.8) is 0 Å². The molecule has 0 spiro atoms. The average molecular weight is 286 g/mol. The van der Waals surface area contributed by atoms with Gasteiger partial charge in [-0.15, -0.1) is 0 Å². The lowest BCUT2D eigenvalue weighted by Gasteiger charge is -2.32. The van der Waals surface area contributed by atoms with Gasteiger partial charge in [0.1, 0.15) is 5.82 Å². The molecule has 1 aliphatic rings. The monoisotopic (exact) mass is 285 g/mol. The second-order valence-electron chi connectivity index (χ2n) is 5.40. The van der Waals surface area contributed by atoms with Crippen molar-refractivity contribution in [2.45, 2.75) is 44.1 Å². The molecule has 2 atom stereocenters. The number of nitrogens with two attached hydrogens (primary N) is 1. The highest BCUT2D eigenvalue weighted by molar-refractivity contribution is 6.31. The fourth-order valence-electron chi connectivity index (χ4n) is 3.06. The Hall–Kier alpha value is -0.640. The maximum atomic E-state index is 13.1. The van der Waals surface area contributed by atoms with E-state index in [1.165, 1.54) is 18.6 Å². The molecule has 1 saturated carbocycles. The molecule has 0 amide bonds. The second-order valence-corrected chi connectivity index (χ2v) is 5.80. The fourth-order valence-corrected chi connectivity index (χ4v) is 3.36. The molecule has 0 aliphatic heterocycles. The molecule has 1 aromatic carbocycles. The van der Waals surface area contributed by atoms with Crippen LogP contribution in [0.5, 0.6) is 0 Å². The Morgan fingerprint density at radius 2 is 2.00 bits per heavy atom. The third-order valence-corrected chi connectivity index (χ3v) is 4.49. The van der Waals surface area contributed by atoms with Gasteiger partial charge < -0.3 is 10.8 Å². The zero-order valence-corrected chi connectivity index (χ0v) is 11.7. The maximum absolute atomic E-state index is 13.1. The predicted octanol–water partition coefficient (Wildman–Crippen LogP) is 3.46. The van der Waals surface area contributed by atoms with Crippen LogP contribution in [0.15, 0.2) is 18.2 Å². The van der Waals surface area contributed by atoms with Gasteiger partial charge in [-0.25, -0.2) is 4.39 Å². The van der Waals surface area contributed by atoms with E-state index in [9.17, 15) is 9.50 Å². The van der Waals surface area contributed by atoms with Gasteiger partial charge in [-0.2, -0.15) is 0 Å². The Kier molecular flexibility index (Phi) is 5.20. The summed E-state index contributed by atoms with van der Waals surface area (Å²) in [6.07, 6.45) is 5.15. The Morgan fingerprint density at radius 3 is 2.58 bits per heavy atom. The molecule has 0 heterocycles. The van der Waals surface area contributed by atoms with Crippen molar-refractivity contribution in [3.05, 3.63) is 34.6 Å². The predicted molar refractivity (Wildman–Crippen MR) is 75.8 cm³/mol. The first kappa shape index (κ1) is 14.8. The number of aliphatic hydroxyl groups excluding tert-OH is 1. The summed E-state index contributed by atoms with van der Waals surface area (Å²) in [7, 11) is 0. The zero-order valence-electron chi connectivity index (χ0n) is 11.0. The molecule has 2 unspecified atom stereocenters. The smallest absolute Gasteiger partial charge is 0.124 e. The minimum absolute atomic E-state index is 0.212. The van der Waals surface area contributed by atoms with Gasteiger partial charge in [-0.1, -0.05) is 36.9 Å². The van der Waals surface area contributed by atoms with E-state index < -0.39 is 6.10 Å². The van der Waals surface area contributed by atoms with Crippen molar-refractivity contribution >= 4 is 11.6 Å². The summed E-state index contributed by atoms with van der Waals surface area (Å²) in [4.78, 5) is 0. The highest BCUT2D eigenvalue weighted by Crippen LogP contribution is 2.35.